The molecule has 33 heavy (non-hydrogen) atoms. The number of aliphatic imine (C=N–C) groups is 1. The van der Waals surface area contributed by atoms with Gasteiger partial charge in [-0.15, -0.1) is 0 Å². The van der Waals surface area contributed by atoms with Gasteiger partial charge in [-0.05, 0) is 31.2 Å². The van der Waals surface area contributed by atoms with Gasteiger partial charge in [0.2, 0.25) is 0 Å². The molecule has 2 heterocycles. The highest BCUT2D eigenvalue weighted by molar-refractivity contribution is 6.12. The number of aromatic nitrogens is 3. The molecule has 0 aliphatic heterocycles. The second-order valence-corrected chi connectivity index (χ2v) is 6.42. The van der Waals surface area contributed by atoms with E-state index in [2.05, 4.69) is 25.3 Å². The van der Waals surface area contributed by atoms with Gasteiger partial charge in [-0.3, -0.25) is 10.4 Å². The Kier molecular flexibility index (Phi) is 9.34. The average Bonchev–Trinajstić information content (AvgIpc) is 2.86. The van der Waals surface area contributed by atoms with Gasteiger partial charge in [-0.2, -0.15) is 5.26 Å². The van der Waals surface area contributed by atoms with Crippen molar-refractivity contribution in [3.05, 3.63) is 89.5 Å². The molecule has 0 fully saturated rings. The van der Waals surface area contributed by atoms with Gasteiger partial charge in [0.1, 0.15) is 29.7 Å². The number of nitrogens with two attached hydrogens (primary N) is 1. The minimum Gasteiger partial charge on any atom is -0.404 e. The molecular weight excluding hydrogens is 419 g/mol. The maximum absolute atomic E-state index is 13.8. The van der Waals surface area contributed by atoms with Crippen molar-refractivity contribution in [2.24, 2.45) is 10.7 Å². The van der Waals surface area contributed by atoms with Crippen molar-refractivity contribution in [2.45, 2.75) is 26.8 Å². The molecule has 0 aliphatic carbocycles. The fourth-order valence-corrected chi connectivity index (χ4v) is 2.69. The second-order valence-electron chi connectivity index (χ2n) is 6.42. The van der Waals surface area contributed by atoms with Crippen molar-refractivity contribution in [3.63, 3.8) is 0 Å². The van der Waals surface area contributed by atoms with Crippen molar-refractivity contribution in [2.75, 3.05) is 5.32 Å². The molecule has 1 unspecified atom stereocenters. The normalized spacial score (nSPS) is 11.8. The van der Waals surface area contributed by atoms with Crippen LogP contribution in [0.3, 0.4) is 0 Å². The molecule has 3 aromatic rings. The lowest BCUT2D eigenvalue weighted by molar-refractivity contribution is 0.630. The number of pyridine rings is 1. The fraction of sp³-hybridized carbons (Fsp3) is 0.167. The van der Waals surface area contributed by atoms with E-state index in [-0.39, 0.29) is 23.1 Å². The Morgan fingerprint density at radius 2 is 2.00 bits per heavy atom. The Labute approximate surface area is 192 Å². The smallest absolute Gasteiger partial charge is 0.148 e. The van der Waals surface area contributed by atoms with Crippen LogP contribution in [0.1, 0.15) is 37.7 Å². The van der Waals surface area contributed by atoms with Gasteiger partial charge in [0, 0.05) is 24.2 Å². The Balaban J connectivity index is 0.00000187. The summed E-state index contributed by atoms with van der Waals surface area (Å²) in [5.41, 5.74) is 7.52. The molecule has 3 rings (SSSR count). The molecule has 0 spiro atoms. The van der Waals surface area contributed by atoms with Crippen LogP contribution in [0.4, 0.5) is 15.9 Å². The lowest BCUT2D eigenvalue weighted by Gasteiger charge is -2.17. The average molecular weight is 445 g/mol. The van der Waals surface area contributed by atoms with Crippen molar-refractivity contribution in [1.29, 1.82) is 10.7 Å². The lowest BCUT2D eigenvalue weighted by Crippen LogP contribution is -2.23. The highest BCUT2D eigenvalue weighted by Gasteiger charge is 2.16. The van der Waals surface area contributed by atoms with Gasteiger partial charge in [-0.1, -0.05) is 32.0 Å². The highest BCUT2D eigenvalue weighted by atomic mass is 19.1. The summed E-state index contributed by atoms with van der Waals surface area (Å²) in [5, 5.41) is 20.7. The summed E-state index contributed by atoms with van der Waals surface area (Å²) in [5.74, 6) is -0.0512. The van der Waals surface area contributed by atoms with Gasteiger partial charge in [0.15, 0.2) is 0 Å². The number of para-hydroxylation sites is 1. The number of hydrogen-bond donors (Lipinski definition) is 3. The van der Waals surface area contributed by atoms with Crippen LogP contribution < -0.4 is 11.1 Å². The Bertz CT molecular complexity index is 1200. The zero-order chi connectivity index (χ0) is 24.2. The Hall–Kier alpha value is -4.45. The van der Waals surface area contributed by atoms with Crippen LogP contribution >= 0.6 is 0 Å². The molecule has 2 aromatic heterocycles. The summed E-state index contributed by atoms with van der Waals surface area (Å²) < 4.78 is 13.8. The quantitative estimate of drug-likeness (QED) is 0.463. The maximum Gasteiger partial charge on any atom is 0.148 e. The predicted molar refractivity (Wildman–Crippen MR) is 128 cm³/mol. The van der Waals surface area contributed by atoms with Crippen LogP contribution in [0.25, 0.3) is 0 Å². The molecule has 168 valence electrons. The summed E-state index contributed by atoms with van der Waals surface area (Å²) >= 11 is 0. The van der Waals surface area contributed by atoms with E-state index in [4.69, 9.17) is 16.4 Å². The van der Waals surface area contributed by atoms with Gasteiger partial charge < -0.3 is 11.1 Å². The lowest BCUT2D eigenvalue weighted by atomic mass is 10.1. The van der Waals surface area contributed by atoms with Crippen molar-refractivity contribution < 1.29 is 4.39 Å². The summed E-state index contributed by atoms with van der Waals surface area (Å²) in [7, 11) is 0. The second kappa shape index (κ2) is 12.4. The van der Waals surface area contributed by atoms with E-state index < -0.39 is 5.82 Å². The number of nitrogens with zero attached hydrogens (tertiary/aromatic N) is 5. The largest absolute Gasteiger partial charge is 0.404 e. The molecule has 0 bridgehead atoms. The zero-order valence-electron chi connectivity index (χ0n) is 18.6. The minimum absolute atomic E-state index is 0.0608. The third-order valence-corrected chi connectivity index (χ3v) is 4.35. The molecule has 0 aliphatic rings. The number of nitrogens with one attached hydrogen (secondary N) is 2. The molecular formula is C24H25FN8. The van der Waals surface area contributed by atoms with Crippen LogP contribution in [0.15, 0.2) is 71.8 Å². The van der Waals surface area contributed by atoms with Crippen molar-refractivity contribution in [1.82, 2.24) is 15.0 Å². The number of halogens is 1. The van der Waals surface area contributed by atoms with Gasteiger partial charge >= 0.3 is 0 Å². The monoisotopic (exact) mass is 444 g/mol. The summed E-state index contributed by atoms with van der Waals surface area (Å²) in [6, 6.07) is 12.6. The van der Waals surface area contributed by atoms with Gasteiger partial charge in [0.25, 0.3) is 0 Å². The predicted octanol–water partition coefficient (Wildman–Crippen LogP) is 4.37. The fourth-order valence-electron chi connectivity index (χ4n) is 2.69. The SMILES string of the molecule is CC.CC(Nc1ncncc1C(=N)c1cccc(C#N)n1)/C(C=Nc1ccccc1F)=C/N. The molecule has 9 heteroatoms. The molecule has 1 aromatic carbocycles. The molecule has 0 saturated carbocycles. The summed E-state index contributed by atoms with van der Waals surface area (Å²) in [4.78, 5) is 16.5. The van der Waals surface area contributed by atoms with E-state index in [1.165, 1.54) is 31.0 Å². The zero-order valence-corrected chi connectivity index (χ0v) is 18.6. The van der Waals surface area contributed by atoms with E-state index in [0.717, 1.165) is 0 Å². The first-order valence-electron chi connectivity index (χ1n) is 10.3. The third-order valence-electron chi connectivity index (χ3n) is 4.35. The van der Waals surface area contributed by atoms with E-state index in [0.29, 0.717) is 22.6 Å². The van der Waals surface area contributed by atoms with Crippen LogP contribution in [-0.2, 0) is 0 Å². The van der Waals surface area contributed by atoms with Crippen molar-refractivity contribution >= 4 is 23.4 Å². The van der Waals surface area contributed by atoms with Gasteiger partial charge in [-0.25, -0.2) is 19.3 Å². The van der Waals surface area contributed by atoms with Crippen LogP contribution in [0.5, 0.6) is 0 Å². The highest BCUT2D eigenvalue weighted by Crippen LogP contribution is 2.19. The molecule has 0 saturated heterocycles. The van der Waals surface area contributed by atoms with Crippen LogP contribution in [0, 0.1) is 22.6 Å². The van der Waals surface area contributed by atoms with Crippen LogP contribution in [-0.4, -0.2) is 32.9 Å². The van der Waals surface area contributed by atoms with E-state index in [1.54, 1.807) is 36.4 Å². The number of hydrogen-bond acceptors (Lipinski definition) is 8. The van der Waals surface area contributed by atoms with E-state index >= 15 is 0 Å². The van der Waals surface area contributed by atoms with E-state index in [9.17, 15) is 4.39 Å². The number of benzene rings is 1. The first kappa shape index (κ1) is 24.8. The topological polar surface area (TPSA) is 137 Å². The summed E-state index contributed by atoms with van der Waals surface area (Å²) in [6.45, 7) is 5.83. The molecule has 4 N–H and O–H groups in total. The molecule has 0 amide bonds. The van der Waals surface area contributed by atoms with Crippen molar-refractivity contribution in [3.8, 4) is 6.07 Å². The Morgan fingerprint density at radius 1 is 1.24 bits per heavy atom. The molecule has 1 atom stereocenters. The minimum atomic E-state index is -0.436. The first-order chi connectivity index (χ1) is 16.0. The van der Waals surface area contributed by atoms with Crippen LogP contribution in [0.2, 0.25) is 0 Å². The standard InChI is InChI=1S/C22H19FN8.C2H6/c1-14(15(9-24)11-28-19-7-3-2-6-18(19)23)30-22-17(12-27-13-29-22)21(26)20-8-4-5-16(10-25)31-20;1-2/h2-9,11-14,26H,24H2,1H3,(H,27,29,30);1-2H3/b15-9+,26-21?,28-11?;. The number of anilines is 1. The maximum atomic E-state index is 13.8. The Morgan fingerprint density at radius 3 is 2.70 bits per heavy atom. The molecule has 8 nitrogen and oxygen atoms in total. The summed E-state index contributed by atoms with van der Waals surface area (Å²) in [6.07, 6.45) is 5.68. The third kappa shape index (κ3) is 6.51. The molecule has 0 radical (unpaired) electrons. The first-order valence-corrected chi connectivity index (χ1v) is 10.3. The van der Waals surface area contributed by atoms with E-state index in [1.807, 2.05) is 26.8 Å². The van der Waals surface area contributed by atoms with Gasteiger partial charge in [0.05, 0.1) is 28.7 Å². The number of rotatable bonds is 7. The number of nitriles is 1.